The van der Waals surface area contributed by atoms with Gasteiger partial charge in [0.05, 0.1) is 106 Å². The number of likely N-dealkylation sites (N-methyl/N-ethyl adjacent to an activating group) is 2. The summed E-state index contributed by atoms with van der Waals surface area (Å²) >= 11 is 16.3. The molecule has 6 aliphatic rings. The molecule has 4 heterocycles. The van der Waals surface area contributed by atoms with E-state index in [1.807, 2.05) is 35.6 Å². The van der Waals surface area contributed by atoms with Crippen molar-refractivity contribution in [2.75, 3.05) is 148 Å². The first-order chi connectivity index (χ1) is 53.1. The van der Waals surface area contributed by atoms with Crippen LogP contribution in [0.3, 0.4) is 0 Å². The Kier molecular flexibility index (Phi) is 30.3. The van der Waals surface area contributed by atoms with E-state index in [0.717, 1.165) is 60.2 Å². The number of nitrogens with one attached hydrogen (secondary N) is 4. The topological polar surface area (TPSA) is 372 Å². The van der Waals surface area contributed by atoms with Gasteiger partial charge in [0.25, 0.3) is 11.8 Å². The second kappa shape index (κ2) is 39.1. The van der Waals surface area contributed by atoms with Gasteiger partial charge < -0.3 is 79.4 Å². The molecular formula is C77H102Cl2N9O20PS2. The maximum absolute atomic E-state index is 15.1. The molecule has 3 fully saturated rings. The molecule has 3 aromatic carbocycles. The fourth-order valence-electron chi connectivity index (χ4n) is 15.7. The number of anilines is 2. The van der Waals surface area contributed by atoms with E-state index >= 15 is 4.79 Å². The van der Waals surface area contributed by atoms with E-state index in [2.05, 4.69) is 28.2 Å². The number of halogens is 2. The van der Waals surface area contributed by atoms with Gasteiger partial charge >= 0.3 is 19.9 Å². The summed E-state index contributed by atoms with van der Waals surface area (Å²) in [4.78, 5) is 144. The predicted octanol–water partition coefficient (Wildman–Crippen LogP) is 9.14. The largest absolute Gasteiger partial charge is 0.524 e. The molecule has 2 aliphatic heterocycles. The van der Waals surface area contributed by atoms with E-state index in [1.165, 1.54) is 39.7 Å². The average molecular weight is 1640 g/mol. The molecule has 4 aliphatic carbocycles. The number of phosphoric acid groups is 1. The zero-order chi connectivity index (χ0) is 79.9. The highest BCUT2D eigenvalue weighted by molar-refractivity contribution is 7.46. The van der Waals surface area contributed by atoms with Crippen LogP contribution in [-0.4, -0.2) is 228 Å². The number of fused-ring (bicyclic) bond motifs is 6. The number of alkyl halides is 2. The van der Waals surface area contributed by atoms with Crippen molar-refractivity contribution in [3.63, 3.8) is 0 Å². The van der Waals surface area contributed by atoms with Crippen molar-refractivity contribution >= 4 is 139 Å². The molecule has 11 rings (SSSR count). The molecule has 0 radical (unpaired) electrons. The number of phosphoric ester groups is 1. The van der Waals surface area contributed by atoms with Crippen LogP contribution in [0.1, 0.15) is 123 Å². The predicted molar refractivity (Wildman–Crippen MR) is 421 cm³/mol. The highest BCUT2D eigenvalue weighted by atomic mass is 35.5. The Labute approximate surface area is 663 Å². The van der Waals surface area contributed by atoms with Crippen LogP contribution in [0.15, 0.2) is 59.3 Å². The van der Waals surface area contributed by atoms with Gasteiger partial charge in [-0.05, 0) is 150 Å². The van der Waals surface area contributed by atoms with Gasteiger partial charge in [0.2, 0.25) is 29.5 Å². The maximum Gasteiger partial charge on any atom is 0.524 e. The van der Waals surface area contributed by atoms with Crippen LogP contribution >= 0.6 is 53.7 Å². The lowest BCUT2D eigenvalue weighted by molar-refractivity contribution is -0.228. The van der Waals surface area contributed by atoms with E-state index in [4.69, 9.17) is 66.6 Å². The molecular weight excluding hydrogens is 1540 g/mol. The number of hydrogen-bond acceptors (Lipinski definition) is 20. The number of amides is 10. The van der Waals surface area contributed by atoms with E-state index in [9.17, 15) is 52.7 Å². The Hall–Kier alpha value is -7.36. The summed E-state index contributed by atoms with van der Waals surface area (Å²) in [6.45, 7) is 14.3. The summed E-state index contributed by atoms with van der Waals surface area (Å²) in [6, 6.07) is 7.71. The molecule has 34 heteroatoms. The molecule has 5 aromatic rings. The fourth-order valence-corrected chi connectivity index (χ4v) is 18.7. The van der Waals surface area contributed by atoms with Crippen molar-refractivity contribution < 1.29 is 95.2 Å². The number of nitrogens with zero attached hydrogens (tertiary/aromatic N) is 4. The van der Waals surface area contributed by atoms with Crippen LogP contribution in [0, 0.1) is 36.5 Å². The molecule has 10 amide bonds. The number of nitrogens with two attached hydrogens (primary N) is 1. The number of aryl methyl sites for hydroxylation is 3. The first-order valence-electron chi connectivity index (χ1n) is 37.5. The zero-order valence-corrected chi connectivity index (χ0v) is 67.8. The second-order valence-electron chi connectivity index (χ2n) is 29.6. The minimum Gasteiger partial charge on any atom is -0.409 e. The first kappa shape index (κ1) is 86.1. The van der Waals surface area contributed by atoms with Crippen molar-refractivity contribution in [1.29, 1.82) is 0 Å². The molecule has 0 spiro atoms. The molecule has 111 heavy (non-hydrogen) atoms. The Balaban J connectivity index is 0.630. The van der Waals surface area contributed by atoms with Crippen molar-refractivity contribution in [3.8, 4) is 11.5 Å². The molecule has 8 N–H and O–H groups in total. The summed E-state index contributed by atoms with van der Waals surface area (Å²) in [7, 11) is -1.61. The molecule has 2 aromatic heterocycles. The smallest absolute Gasteiger partial charge is 0.409 e. The van der Waals surface area contributed by atoms with E-state index in [1.54, 1.807) is 63.2 Å². The van der Waals surface area contributed by atoms with Crippen molar-refractivity contribution in [3.05, 3.63) is 92.7 Å². The van der Waals surface area contributed by atoms with Gasteiger partial charge in [0.1, 0.15) is 17.8 Å². The van der Waals surface area contributed by atoms with Gasteiger partial charge in [-0.2, -0.15) is 0 Å². The van der Waals surface area contributed by atoms with Crippen LogP contribution < -0.4 is 41.2 Å². The lowest BCUT2D eigenvalue weighted by Gasteiger charge is -2.73. The average Bonchev–Trinajstić information content (AvgIpc) is 1.57. The highest BCUT2D eigenvalue weighted by Crippen LogP contribution is 2.79. The fraction of sp³-hybridized carbons (Fsp3) is 0.571. The number of thiophene rings is 2. The second-order valence-corrected chi connectivity index (χ2v) is 33.1. The Morgan fingerprint density at radius 1 is 0.712 bits per heavy atom. The minimum atomic E-state index is -4.86. The molecule has 606 valence electrons. The zero-order valence-electron chi connectivity index (χ0n) is 63.7. The standard InChI is InChI=1S/C77H102Cl2N9O20PS2/c1-46(2)68(84-60(89)18-23-101-25-27-103-29-31-105-33-34-106-32-30-104-28-26-102-24-22-87-62(91)16-17-63(87)92)72(94)83-56(9-8-19-81-74(80)96)71(93)82-53-13-10-50(11-14-53)12-15-61(90)85(6)20-21-86(7)75(97)107-58-37-57-67(65-48(4)42-110-69(58)65)52(39-79)40-88(57)73(95)77-43-76(44-77,45-77)49(5)54-35-51(38-78)66-55(54)36-59(108-109(98,99)100)70-64(66)47(3)41-111-70/h10-11,13-14,16-17,36-37,41-42,46,49,51-52,54,56,68H,8-9,12,15,18-35,38-40,43-45H2,1-7H3,(H,82,93)(H,83,94)(H,84,89)(H3,80,81,96)(H2,98,99,100)/t49?,51-,52+,54?,56-,68-,76?,77?/m0/s1. The number of carbonyl (C=O) groups is 9. The number of urea groups is 1. The Morgan fingerprint density at radius 3 is 1.84 bits per heavy atom. The maximum atomic E-state index is 15.1. The molecule has 6 atom stereocenters. The van der Waals surface area contributed by atoms with Crippen LogP contribution in [0.2, 0.25) is 0 Å². The third kappa shape index (κ3) is 21.4. The highest BCUT2D eigenvalue weighted by Gasteiger charge is 2.74. The van der Waals surface area contributed by atoms with Crippen LogP contribution in [0.5, 0.6) is 11.5 Å². The van der Waals surface area contributed by atoms with Crippen LogP contribution in [0.25, 0.3) is 20.2 Å². The third-order valence-electron chi connectivity index (χ3n) is 21.6. The van der Waals surface area contributed by atoms with Gasteiger partial charge in [0, 0.05) is 105 Å². The van der Waals surface area contributed by atoms with Gasteiger partial charge in [-0.15, -0.1) is 45.9 Å². The summed E-state index contributed by atoms with van der Waals surface area (Å²) in [6.07, 6.45) is 5.52. The quantitative estimate of drug-likeness (QED) is 0.00826. The summed E-state index contributed by atoms with van der Waals surface area (Å²) in [5, 5.41) is 16.7. The molecule has 3 saturated carbocycles. The summed E-state index contributed by atoms with van der Waals surface area (Å²) in [5.41, 5.74) is 11.5. The van der Waals surface area contributed by atoms with E-state index in [-0.39, 0.29) is 149 Å². The lowest BCUT2D eigenvalue weighted by atomic mass is 9.31. The van der Waals surface area contributed by atoms with Crippen LogP contribution in [-0.2, 0) is 73.0 Å². The van der Waals surface area contributed by atoms with Crippen molar-refractivity contribution in [2.45, 2.75) is 122 Å². The number of ether oxygens (including phenoxy) is 7. The number of rotatable bonds is 45. The number of imide groups is 1. The van der Waals surface area contributed by atoms with Crippen LogP contribution in [0.4, 0.5) is 21.0 Å². The molecule has 2 unspecified atom stereocenters. The third-order valence-corrected chi connectivity index (χ3v) is 25.0. The number of hydrogen-bond donors (Lipinski definition) is 7. The van der Waals surface area contributed by atoms with Gasteiger partial charge in [-0.1, -0.05) is 32.9 Å². The number of primary amides is 1. The normalized spacial score (nSPS) is 19.7. The SMILES string of the molecule is Cc1csc2c(OP(=O)(O)O)cc3c(c12)[C@H](CCl)CC3C(C)C12CC(C(=O)N3C[C@@H](CCl)c4c3cc(OC(=O)N(C)CCN(C)C(=O)CCc3ccc(NC(=O)[C@H](CCCNC(N)=O)NC(=O)[C@@H](NC(=O)CCOCCOCCOCCOCCOCCOCCN5C(=O)C=CC5=O)C(C)C)cc3)c3scc(C)c43)(C1)C2. The van der Waals surface area contributed by atoms with Gasteiger partial charge in [-0.3, -0.25) is 48.2 Å². The van der Waals surface area contributed by atoms with E-state index in [0.29, 0.717) is 113 Å². The molecule has 2 bridgehead atoms. The molecule has 29 nitrogen and oxygen atoms in total. The minimum absolute atomic E-state index is 0.0197. The van der Waals surface area contributed by atoms with Crippen molar-refractivity contribution in [1.82, 2.24) is 30.7 Å². The monoisotopic (exact) mass is 1640 g/mol. The Morgan fingerprint density at radius 2 is 1.27 bits per heavy atom. The van der Waals surface area contributed by atoms with Crippen molar-refractivity contribution in [2.24, 2.45) is 28.4 Å². The number of carbonyl (C=O) groups excluding carboxylic acids is 9. The van der Waals surface area contributed by atoms with Gasteiger partial charge in [-0.25, -0.2) is 14.2 Å². The molecule has 0 saturated heterocycles. The summed E-state index contributed by atoms with van der Waals surface area (Å²) in [5.74, 6) is -1.58. The lowest BCUT2D eigenvalue weighted by Crippen LogP contribution is -2.70. The summed E-state index contributed by atoms with van der Waals surface area (Å²) < 4.78 is 58.2. The van der Waals surface area contributed by atoms with E-state index < -0.39 is 55.2 Å². The number of benzene rings is 3. The van der Waals surface area contributed by atoms with Gasteiger partial charge in [0.15, 0.2) is 5.75 Å². The Bertz CT molecular complexity index is 4230. The first-order valence-corrected chi connectivity index (χ1v) is 41.9.